The number of nitrogens with zero attached hydrogens (tertiary/aromatic N) is 3. The van der Waals surface area contributed by atoms with E-state index in [-0.39, 0.29) is 11.2 Å². The molecule has 0 atom stereocenters. The summed E-state index contributed by atoms with van der Waals surface area (Å²) < 4.78 is 0. The second-order valence-electron chi connectivity index (χ2n) is 3.75. The summed E-state index contributed by atoms with van der Waals surface area (Å²) in [4.78, 5) is 32.4. The van der Waals surface area contributed by atoms with Gasteiger partial charge >= 0.3 is 0 Å². The number of rotatable bonds is 2. The van der Waals surface area contributed by atoms with E-state index >= 15 is 0 Å². The molecule has 2 aromatic carbocycles. The van der Waals surface area contributed by atoms with Gasteiger partial charge in [0, 0.05) is 17.0 Å². The van der Waals surface area contributed by atoms with Crippen LogP contribution in [-0.4, -0.2) is 12.1 Å². The topological polar surface area (TPSA) is 80.5 Å². The summed E-state index contributed by atoms with van der Waals surface area (Å²) in [5, 5.41) is 7.54. The van der Waals surface area contributed by atoms with Crippen LogP contribution >= 0.6 is 0 Å². The predicted octanol–water partition coefficient (Wildman–Crippen LogP) is 0.692. The van der Waals surface area contributed by atoms with Gasteiger partial charge in [0.1, 0.15) is 0 Å². The molecule has 0 aliphatic carbocycles. The molecule has 6 heteroatoms. The van der Waals surface area contributed by atoms with Crippen molar-refractivity contribution in [1.29, 1.82) is 0 Å². The van der Waals surface area contributed by atoms with Gasteiger partial charge in [0.25, 0.3) is 0 Å². The summed E-state index contributed by atoms with van der Waals surface area (Å²) in [5.41, 5.74) is -0.789. The average molecular weight is 257 g/mol. The second-order valence-corrected chi connectivity index (χ2v) is 3.75. The van der Waals surface area contributed by atoms with Crippen LogP contribution in [0.3, 0.4) is 0 Å². The predicted molar refractivity (Wildman–Crippen MR) is 72.8 cm³/mol. The van der Waals surface area contributed by atoms with Gasteiger partial charge in [-0.15, -0.1) is 0 Å². The molecule has 0 bridgehead atoms. The van der Waals surface area contributed by atoms with E-state index in [2.05, 4.69) is 20.2 Å². The summed E-state index contributed by atoms with van der Waals surface area (Å²) in [6.45, 7) is 3.18. The Bertz CT molecular complexity index is 762. The fourth-order valence-corrected chi connectivity index (χ4v) is 1.65. The van der Waals surface area contributed by atoms with Crippen LogP contribution in [0.1, 0.15) is 13.8 Å². The lowest BCUT2D eigenvalue weighted by Gasteiger charge is -1.87. The maximum atomic E-state index is 12.0. The van der Waals surface area contributed by atoms with E-state index in [1.807, 2.05) is 0 Å². The zero-order valence-electron chi connectivity index (χ0n) is 10.5. The first-order valence-corrected chi connectivity index (χ1v) is 5.61. The molecular formula is C13H11N3O3. The molecule has 0 saturated carbocycles. The van der Waals surface area contributed by atoms with Gasteiger partial charge in [-0.25, -0.2) is 9.93 Å². The molecule has 19 heavy (non-hydrogen) atoms. The van der Waals surface area contributed by atoms with Crippen molar-refractivity contribution in [2.45, 2.75) is 13.8 Å². The van der Waals surface area contributed by atoms with Gasteiger partial charge < -0.3 is 0 Å². The van der Waals surface area contributed by atoms with Crippen LogP contribution in [0.15, 0.2) is 49.2 Å². The van der Waals surface area contributed by atoms with Crippen LogP contribution in [-0.2, 0) is 4.94 Å². The molecule has 0 aliphatic heterocycles. The van der Waals surface area contributed by atoms with Crippen LogP contribution in [0.5, 0.6) is 0 Å². The molecule has 0 fully saturated rings. The highest BCUT2D eigenvalue weighted by Gasteiger charge is 2.09. The number of fused-ring (bicyclic) bond motifs is 1. The van der Waals surface area contributed by atoms with Gasteiger partial charge in [-0.1, -0.05) is 29.4 Å². The standard InChI is InChI=1S/C13H11N3O3/c1-3-14-19-16-8(2)15-11-12(17)9-6-4-5-7-10(9)13(11)18/h3-7H,1-2H3/b14-3-,16-8-. The molecule has 0 spiro atoms. The molecule has 0 radical (unpaired) electrons. The molecule has 0 aliphatic rings. The maximum absolute atomic E-state index is 12.0. The van der Waals surface area contributed by atoms with Gasteiger partial charge in [-0.2, -0.15) is 0 Å². The monoisotopic (exact) mass is 257 g/mol. The van der Waals surface area contributed by atoms with Gasteiger partial charge in [0.2, 0.25) is 10.9 Å². The molecule has 0 heterocycles. The number of hydrogen-bond donors (Lipinski definition) is 0. The Kier molecular flexibility index (Phi) is 3.61. The van der Waals surface area contributed by atoms with E-state index < -0.39 is 10.9 Å². The van der Waals surface area contributed by atoms with Crippen LogP contribution in [0, 0.1) is 0 Å². The lowest BCUT2D eigenvalue weighted by atomic mass is 10.2. The van der Waals surface area contributed by atoms with Crippen molar-refractivity contribution >= 4 is 22.8 Å². The second kappa shape index (κ2) is 5.34. The van der Waals surface area contributed by atoms with E-state index in [1.165, 1.54) is 13.1 Å². The van der Waals surface area contributed by atoms with Gasteiger partial charge in [0.15, 0.2) is 11.2 Å². The quantitative estimate of drug-likeness (QED) is 0.451. The zero-order chi connectivity index (χ0) is 13.8. The summed E-state index contributed by atoms with van der Waals surface area (Å²) in [5.74, 6) is 0.148. The fourth-order valence-electron chi connectivity index (χ4n) is 1.65. The number of benzene rings is 1. The highest BCUT2D eigenvalue weighted by atomic mass is 16.8. The van der Waals surface area contributed by atoms with Crippen molar-refractivity contribution in [3.05, 3.63) is 50.1 Å². The molecule has 0 saturated heterocycles. The van der Waals surface area contributed by atoms with Crippen molar-refractivity contribution in [2.75, 3.05) is 0 Å². The number of hydrogen-bond acceptors (Lipinski definition) is 5. The van der Waals surface area contributed by atoms with E-state index in [0.29, 0.717) is 10.8 Å². The molecule has 2 rings (SSSR count). The minimum absolute atomic E-state index is 0.147. The fraction of sp³-hybridized carbons (Fsp3) is 0.154. The number of oxime groups is 2. The maximum Gasteiger partial charge on any atom is 0.216 e. The third kappa shape index (κ3) is 2.47. The lowest BCUT2D eigenvalue weighted by Crippen LogP contribution is -2.32. The molecule has 6 nitrogen and oxygen atoms in total. The largest absolute Gasteiger partial charge is 0.287 e. The van der Waals surface area contributed by atoms with Gasteiger partial charge in [-0.3, -0.25) is 9.59 Å². The van der Waals surface area contributed by atoms with Crippen molar-refractivity contribution in [1.82, 2.24) is 0 Å². The molecule has 0 unspecified atom stereocenters. The molecule has 2 aromatic rings. The first kappa shape index (κ1) is 12.8. The minimum atomic E-state index is -0.394. The minimum Gasteiger partial charge on any atom is -0.287 e. The average Bonchev–Trinajstić information content (AvgIpc) is 2.65. The summed E-state index contributed by atoms with van der Waals surface area (Å²) in [7, 11) is 0. The highest BCUT2D eigenvalue weighted by molar-refractivity contribution is 5.85. The Labute approximate surface area is 108 Å². The van der Waals surface area contributed by atoms with Crippen molar-refractivity contribution in [3.63, 3.8) is 0 Å². The molecular weight excluding hydrogens is 246 g/mol. The number of amidine groups is 1. The highest BCUT2D eigenvalue weighted by Crippen LogP contribution is 2.01. The third-order valence-corrected chi connectivity index (χ3v) is 2.45. The SMILES string of the molecule is C/C=N\O/N=C(/C)N=c1c(=O)c2ccccc2c1=O. The van der Waals surface area contributed by atoms with Crippen molar-refractivity contribution in [3.8, 4) is 0 Å². The smallest absolute Gasteiger partial charge is 0.216 e. The van der Waals surface area contributed by atoms with E-state index in [9.17, 15) is 9.59 Å². The molecule has 0 amide bonds. The normalized spacial score (nSPS) is 12.2. The van der Waals surface area contributed by atoms with Crippen LogP contribution < -0.4 is 16.2 Å². The van der Waals surface area contributed by atoms with Crippen molar-refractivity contribution < 1.29 is 4.94 Å². The van der Waals surface area contributed by atoms with E-state index in [4.69, 9.17) is 0 Å². The summed E-state index contributed by atoms with van der Waals surface area (Å²) >= 11 is 0. The zero-order valence-corrected chi connectivity index (χ0v) is 10.5. The van der Waals surface area contributed by atoms with E-state index in [0.717, 1.165) is 0 Å². The van der Waals surface area contributed by atoms with Crippen molar-refractivity contribution in [2.24, 2.45) is 15.3 Å². The Morgan fingerprint density at radius 1 is 1.16 bits per heavy atom. The third-order valence-electron chi connectivity index (χ3n) is 2.45. The van der Waals surface area contributed by atoms with Gasteiger partial charge in [0.05, 0.1) is 0 Å². The summed E-state index contributed by atoms with van der Waals surface area (Å²) in [6.07, 6.45) is 1.41. The molecule has 0 N–H and O–H groups in total. The van der Waals surface area contributed by atoms with Crippen LogP contribution in [0.2, 0.25) is 0 Å². The van der Waals surface area contributed by atoms with Crippen LogP contribution in [0.25, 0.3) is 10.8 Å². The molecule has 96 valence electrons. The Hall–Kier alpha value is -2.63. The van der Waals surface area contributed by atoms with Crippen LogP contribution in [0.4, 0.5) is 0 Å². The summed E-state index contributed by atoms with van der Waals surface area (Å²) in [6, 6.07) is 6.60. The first-order valence-electron chi connectivity index (χ1n) is 5.61. The van der Waals surface area contributed by atoms with E-state index in [1.54, 1.807) is 31.2 Å². The Morgan fingerprint density at radius 2 is 1.74 bits per heavy atom. The lowest BCUT2D eigenvalue weighted by molar-refractivity contribution is 0.156. The molecule has 0 aromatic heterocycles. The van der Waals surface area contributed by atoms with Gasteiger partial charge in [-0.05, 0) is 19.0 Å². The Morgan fingerprint density at radius 3 is 2.26 bits per heavy atom. The Balaban J connectivity index is 2.60. The first-order chi connectivity index (χ1) is 9.15.